The van der Waals surface area contributed by atoms with Crippen LogP contribution in [-0.4, -0.2) is 86.8 Å². The number of alkyl halides is 1. The number of hydrogen-bond donors (Lipinski definition) is 1. The standard InChI is InChI=1S/C29H37BrClN3O4S/c1-4-14-32(3)26(36)22-23-27(37)34(16-10-6-7-11-17-35)25(29(23)18-19(30)24(22)39-29)28(38)33(15-5-2)21-13-9-8-12-20(21)31/h4-5,8-9,12-13,19,22-25,35H,1-2,6-7,10-11,14-18H2,3H3/t19?,22-,23-,24-,25?,29?/m0/s1. The number of carbonyl (C=O) groups is 3. The van der Waals surface area contributed by atoms with Gasteiger partial charge in [-0.25, -0.2) is 0 Å². The number of fused-ring (bicyclic) bond motifs is 1. The molecule has 3 heterocycles. The molecule has 0 radical (unpaired) electrons. The highest BCUT2D eigenvalue weighted by Crippen LogP contribution is 2.68. The zero-order valence-electron chi connectivity index (χ0n) is 22.3. The number of carbonyl (C=O) groups excluding carboxylic acids is 3. The Bertz CT molecular complexity index is 1120. The summed E-state index contributed by atoms with van der Waals surface area (Å²) in [5.41, 5.74) is 0.575. The van der Waals surface area contributed by atoms with E-state index in [2.05, 4.69) is 29.1 Å². The highest BCUT2D eigenvalue weighted by molar-refractivity contribution is 9.09. The lowest BCUT2D eigenvalue weighted by Crippen LogP contribution is -2.56. The van der Waals surface area contributed by atoms with E-state index in [1.807, 2.05) is 12.1 Å². The van der Waals surface area contributed by atoms with Gasteiger partial charge >= 0.3 is 0 Å². The van der Waals surface area contributed by atoms with Crippen LogP contribution in [0.2, 0.25) is 5.02 Å². The van der Waals surface area contributed by atoms with Gasteiger partial charge in [0.15, 0.2) is 0 Å². The minimum Gasteiger partial charge on any atom is -0.396 e. The van der Waals surface area contributed by atoms with Crippen LogP contribution in [0.25, 0.3) is 0 Å². The molecule has 0 aliphatic carbocycles. The Morgan fingerprint density at radius 3 is 2.54 bits per heavy atom. The number of anilines is 1. The van der Waals surface area contributed by atoms with Gasteiger partial charge in [-0.15, -0.1) is 24.9 Å². The fourth-order valence-corrected chi connectivity index (χ4v) is 10.3. The average molecular weight is 639 g/mol. The van der Waals surface area contributed by atoms with E-state index >= 15 is 0 Å². The Balaban J connectivity index is 1.75. The molecule has 7 nitrogen and oxygen atoms in total. The summed E-state index contributed by atoms with van der Waals surface area (Å²) < 4.78 is -0.728. The summed E-state index contributed by atoms with van der Waals surface area (Å²) in [6.45, 7) is 8.82. The first-order chi connectivity index (χ1) is 18.7. The van der Waals surface area contributed by atoms with Gasteiger partial charge in [0.2, 0.25) is 11.8 Å². The van der Waals surface area contributed by atoms with Crippen LogP contribution in [-0.2, 0) is 14.4 Å². The monoisotopic (exact) mass is 637 g/mol. The van der Waals surface area contributed by atoms with Crippen LogP contribution in [0, 0.1) is 11.8 Å². The predicted molar refractivity (Wildman–Crippen MR) is 161 cm³/mol. The second kappa shape index (κ2) is 12.8. The van der Waals surface area contributed by atoms with Crippen molar-refractivity contribution in [3.63, 3.8) is 0 Å². The molecule has 0 saturated carbocycles. The molecule has 3 aliphatic heterocycles. The maximum atomic E-state index is 14.6. The normalized spacial score (nSPS) is 28.9. The molecule has 3 amide bonds. The Labute approximate surface area is 248 Å². The number of nitrogens with zero attached hydrogens (tertiary/aromatic N) is 3. The lowest BCUT2D eigenvalue weighted by molar-refractivity contribution is -0.143. The Hall–Kier alpha value is -1.81. The molecule has 3 aliphatic rings. The molecule has 1 N–H and O–H groups in total. The van der Waals surface area contributed by atoms with Crippen LogP contribution < -0.4 is 4.90 Å². The van der Waals surface area contributed by atoms with E-state index in [0.29, 0.717) is 43.1 Å². The SMILES string of the molecule is C=CCN(C)C(=O)[C@H]1[C@H]2C(=O)N(CCCCCCO)C(C(=O)N(CC=C)c3ccccc3Cl)C23CC(Br)[C@@H]1S3. The number of thioether (sulfide) groups is 1. The molecule has 212 valence electrons. The van der Waals surface area contributed by atoms with Gasteiger partial charge in [-0.1, -0.05) is 64.7 Å². The molecule has 1 aromatic rings. The van der Waals surface area contributed by atoms with E-state index < -0.39 is 22.6 Å². The van der Waals surface area contributed by atoms with E-state index in [1.165, 1.54) is 0 Å². The molecule has 3 saturated heterocycles. The maximum absolute atomic E-state index is 14.6. The van der Waals surface area contributed by atoms with Crippen LogP contribution in [0.3, 0.4) is 0 Å². The molecule has 1 aromatic carbocycles. The number of halogens is 2. The van der Waals surface area contributed by atoms with Gasteiger partial charge in [-0.2, -0.15) is 0 Å². The minimum atomic E-state index is -0.735. The second-order valence-corrected chi connectivity index (χ2v) is 13.7. The summed E-state index contributed by atoms with van der Waals surface area (Å²) in [5, 5.41) is 9.51. The first kappa shape index (κ1) is 30.2. The minimum absolute atomic E-state index is 0.00519. The average Bonchev–Trinajstić information content (AvgIpc) is 3.50. The fraction of sp³-hybridized carbons (Fsp3) is 0.552. The molecular weight excluding hydrogens is 602 g/mol. The van der Waals surface area contributed by atoms with Crippen LogP contribution in [0.1, 0.15) is 32.1 Å². The van der Waals surface area contributed by atoms with E-state index in [9.17, 15) is 14.4 Å². The van der Waals surface area contributed by atoms with Crippen molar-refractivity contribution in [3.05, 3.63) is 54.6 Å². The molecule has 0 aromatic heterocycles. The molecule has 1 spiro atoms. The number of benzene rings is 1. The van der Waals surface area contributed by atoms with Crippen molar-refractivity contribution in [2.45, 2.75) is 53.0 Å². The van der Waals surface area contributed by atoms with Gasteiger partial charge in [-0.05, 0) is 31.4 Å². The zero-order valence-corrected chi connectivity index (χ0v) is 25.5. The number of para-hydroxylation sites is 1. The van der Waals surface area contributed by atoms with Gasteiger partial charge in [0, 0.05) is 43.4 Å². The number of unbranched alkanes of at least 4 members (excludes halogenated alkanes) is 3. The first-order valence-corrected chi connectivity index (χ1v) is 15.7. The van der Waals surface area contributed by atoms with Crippen molar-refractivity contribution in [1.29, 1.82) is 0 Å². The summed E-state index contributed by atoms with van der Waals surface area (Å²) in [6, 6.07) is 6.46. The third kappa shape index (κ3) is 5.44. The highest BCUT2D eigenvalue weighted by atomic mass is 79.9. The Kier molecular flexibility index (Phi) is 9.89. The number of amides is 3. The van der Waals surface area contributed by atoms with Crippen LogP contribution in [0.4, 0.5) is 5.69 Å². The summed E-state index contributed by atoms with van der Waals surface area (Å²) >= 11 is 12.0. The summed E-state index contributed by atoms with van der Waals surface area (Å²) in [5.74, 6) is -1.50. The predicted octanol–water partition coefficient (Wildman–Crippen LogP) is 4.52. The maximum Gasteiger partial charge on any atom is 0.251 e. The molecule has 39 heavy (non-hydrogen) atoms. The zero-order chi connectivity index (χ0) is 28.3. The number of likely N-dealkylation sites (N-methyl/N-ethyl adjacent to an activating group) is 1. The fourth-order valence-electron chi connectivity index (χ4n) is 6.47. The van der Waals surface area contributed by atoms with E-state index in [-0.39, 0.29) is 41.0 Å². The molecule has 3 unspecified atom stereocenters. The topological polar surface area (TPSA) is 81.2 Å². The summed E-state index contributed by atoms with van der Waals surface area (Å²) in [6.07, 6.45) is 7.07. The quantitative estimate of drug-likeness (QED) is 0.195. The first-order valence-electron chi connectivity index (χ1n) is 13.5. The third-order valence-corrected chi connectivity index (χ3v) is 11.7. The van der Waals surface area contributed by atoms with Crippen LogP contribution in [0.15, 0.2) is 49.6 Å². The van der Waals surface area contributed by atoms with Crippen molar-refractivity contribution < 1.29 is 19.5 Å². The van der Waals surface area contributed by atoms with Crippen molar-refractivity contribution in [2.24, 2.45) is 11.8 Å². The van der Waals surface area contributed by atoms with Crippen molar-refractivity contribution >= 4 is 62.7 Å². The van der Waals surface area contributed by atoms with E-state index in [1.54, 1.807) is 57.8 Å². The number of rotatable bonds is 13. The smallest absolute Gasteiger partial charge is 0.251 e. The lowest BCUT2D eigenvalue weighted by Gasteiger charge is -2.38. The van der Waals surface area contributed by atoms with Crippen molar-refractivity contribution in [2.75, 3.05) is 38.2 Å². The van der Waals surface area contributed by atoms with Crippen LogP contribution >= 0.6 is 39.3 Å². The van der Waals surface area contributed by atoms with Crippen LogP contribution in [0.5, 0.6) is 0 Å². The van der Waals surface area contributed by atoms with Gasteiger partial charge < -0.3 is 19.8 Å². The van der Waals surface area contributed by atoms with E-state index in [4.69, 9.17) is 16.7 Å². The Morgan fingerprint density at radius 2 is 1.87 bits per heavy atom. The molecular formula is C29H37BrClN3O4S. The van der Waals surface area contributed by atoms with Crippen molar-refractivity contribution in [3.8, 4) is 0 Å². The number of aliphatic hydroxyl groups excluding tert-OH is 1. The molecule has 6 atom stereocenters. The Morgan fingerprint density at radius 1 is 1.18 bits per heavy atom. The molecule has 2 bridgehead atoms. The highest BCUT2D eigenvalue weighted by Gasteiger charge is 2.76. The van der Waals surface area contributed by atoms with E-state index in [0.717, 1.165) is 12.8 Å². The molecule has 3 fully saturated rings. The number of aliphatic hydroxyl groups is 1. The van der Waals surface area contributed by atoms with Gasteiger partial charge in [0.05, 0.1) is 27.3 Å². The summed E-state index contributed by atoms with van der Waals surface area (Å²) in [7, 11) is 1.74. The van der Waals surface area contributed by atoms with Gasteiger partial charge in [-0.3, -0.25) is 14.4 Å². The molecule has 10 heteroatoms. The molecule has 4 rings (SSSR count). The van der Waals surface area contributed by atoms with Gasteiger partial charge in [0.25, 0.3) is 5.91 Å². The third-order valence-electron chi connectivity index (χ3n) is 8.12. The number of likely N-dealkylation sites (tertiary alicyclic amines) is 1. The number of hydrogen-bond acceptors (Lipinski definition) is 5. The van der Waals surface area contributed by atoms with Crippen molar-refractivity contribution in [1.82, 2.24) is 9.80 Å². The van der Waals surface area contributed by atoms with Gasteiger partial charge in [0.1, 0.15) is 6.04 Å². The lowest BCUT2D eigenvalue weighted by atomic mass is 9.70. The summed E-state index contributed by atoms with van der Waals surface area (Å²) in [4.78, 5) is 47.5. The largest absolute Gasteiger partial charge is 0.396 e. The second-order valence-electron chi connectivity index (χ2n) is 10.5.